The van der Waals surface area contributed by atoms with E-state index in [1.807, 2.05) is 35.8 Å². The van der Waals surface area contributed by atoms with Gasteiger partial charge in [-0.25, -0.2) is 8.42 Å². The number of fused-ring (bicyclic) bond motifs is 1. The highest BCUT2D eigenvalue weighted by atomic mass is 32.2. The molecule has 0 spiro atoms. The van der Waals surface area contributed by atoms with Gasteiger partial charge in [0.25, 0.3) is 0 Å². The van der Waals surface area contributed by atoms with Gasteiger partial charge in [-0.05, 0) is 30.7 Å². The van der Waals surface area contributed by atoms with Gasteiger partial charge in [-0.3, -0.25) is 4.79 Å². The molecule has 1 heterocycles. The van der Waals surface area contributed by atoms with Crippen LogP contribution in [-0.4, -0.2) is 31.8 Å². The molecule has 1 amide bonds. The highest BCUT2D eigenvalue weighted by Crippen LogP contribution is 2.23. The summed E-state index contributed by atoms with van der Waals surface area (Å²) in [6.07, 6.45) is -0.129. The molecular weight excluding hydrogens is 396 g/mol. The third kappa shape index (κ3) is 4.88. The molecule has 0 saturated carbocycles. The molecule has 0 bridgehead atoms. The van der Waals surface area contributed by atoms with Crippen LogP contribution in [0.1, 0.15) is 18.9 Å². The average molecular weight is 419 g/mol. The van der Waals surface area contributed by atoms with Crippen molar-refractivity contribution in [3.8, 4) is 5.75 Å². The number of thiazole rings is 1. The van der Waals surface area contributed by atoms with E-state index in [4.69, 9.17) is 4.74 Å². The second kappa shape index (κ2) is 8.70. The molecule has 0 radical (unpaired) electrons. The Bertz CT molecular complexity index is 1150. The van der Waals surface area contributed by atoms with Gasteiger partial charge in [0.1, 0.15) is 5.75 Å². The lowest BCUT2D eigenvalue weighted by molar-refractivity contribution is -0.117. The Morgan fingerprint density at radius 1 is 1.18 bits per heavy atom. The zero-order valence-electron chi connectivity index (χ0n) is 15.8. The maximum atomic E-state index is 12.3. The van der Waals surface area contributed by atoms with E-state index in [1.165, 1.54) is 11.3 Å². The van der Waals surface area contributed by atoms with Crippen LogP contribution >= 0.6 is 11.3 Å². The van der Waals surface area contributed by atoms with Crippen molar-refractivity contribution in [3.05, 3.63) is 58.9 Å². The van der Waals surface area contributed by atoms with E-state index < -0.39 is 15.7 Å². The van der Waals surface area contributed by atoms with Crippen molar-refractivity contribution in [1.29, 1.82) is 0 Å². The van der Waals surface area contributed by atoms with Crippen molar-refractivity contribution in [1.82, 2.24) is 4.57 Å². The van der Waals surface area contributed by atoms with Crippen molar-refractivity contribution in [2.45, 2.75) is 25.6 Å². The van der Waals surface area contributed by atoms with Crippen LogP contribution in [0.5, 0.6) is 5.75 Å². The fourth-order valence-corrected chi connectivity index (χ4v) is 5.35. The number of aromatic nitrogens is 1. The maximum absolute atomic E-state index is 12.3. The molecule has 2 aromatic carbocycles. The molecule has 6 nitrogen and oxygen atoms in total. The summed E-state index contributed by atoms with van der Waals surface area (Å²) >= 11 is 1.39. The Morgan fingerprint density at radius 3 is 2.61 bits per heavy atom. The molecule has 0 aliphatic rings. The molecule has 0 aliphatic heterocycles. The molecule has 0 aliphatic carbocycles. The Hall–Kier alpha value is -2.45. The van der Waals surface area contributed by atoms with E-state index in [1.54, 1.807) is 31.4 Å². The second-order valence-electron chi connectivity index (χ2n) is 6.30. The Morgan fingerprint density at radius 2 is 1.93 bits per heavy atom. The quantitative estimate of drug-likeness (QED) is 0.590. The molecule has 148 valence electrons. The molecule has 28 heavy (non-hydrogen) atoms. The summed E-state index contributed by atoms with van der Waals surface area (Å²) < 4.78 is 32.7. The lowest BCUT2D eigenvalue weighted by atomic mass is 10.2. The van der Waals surface area contributed by atoms with Crippen LogP contribution in [0.4, 0.5) is 0 Å². The van der Waals surface area contributed by atoms with Crippen LogP contribution in [0, 0.1) is 0 Å². The highest BCUT2D eigenvalue weighted by Gasteiger charge is 2.15. The largest absolute Gasteiger partial charge is 0.497 e. The third-order valence-corrected chi connectivity index (χ3v) is 6.92. The topological polar surface area (TPSA) is 77.7 Å². The number of sulfone groups is 1. The fraction of sp³-hybridized carbons (Fsp3) is 0.300. The first-order chi connectivity index (χ1) is 13.4. The lowest BCUT2D eigenvalue weighted by Gasteiger charge is -2.03. The molecular formula is C20H22N2O4S2. The molecule has 3 rings (SSSR count). The number of benzene rings is 2. The smallest absolute Gasteiger partial charge is 0.249 e. The van der Waals surface area contributed by atoms with E-state index >= 15 is 0 Å². The number of hydrogen-bond donors (Lipinski definition) is 0. The Balaban J connectivity index is 1.77. The lowest BCUT2D eigenvalue weighted by Crippen LogP contribution is -2.18. The van der Waals surface area contributed by atoms with Crippen molar-refractivity contribution in [3.63, 3.8) is 0 Å². The SMILES string of the molecule is CCn1c(=NC(=O)CCS(=O)(=O)Cc2ccccc2)sc2cc(OC)ccc21. The number of methoxy groups -OCH3 is 1. The predicted molar refractivity (Wildman–Crippen MR) is 111 cm³/mol. The molecule has 3 aromatic rings. The van der Waals surface area contributed by atoms with E-state index in [0.29, 0.717) is 16.9 Å². The highest BCUT2D eigenvalue weighted by molar-refractivity contribution is 7.90. The summed E-state index contributed by atoms with van der Waals surface area (Å²) in [6.45, 7) is 2.63. The monoisotopic (exact) mass is 418 g/mol. The molecule has 0 fully saturated rings. The van der Waals surface area contributed by atoms with Crippen molar-refractivity contribution >= 4 is 37.3 Å². The summed E-state index contributed by atoms with van der Waals surface area (Å²) in [7, 11) is -1.77. The average Bonchev–Trinajstić information content (AvgIpc) is 3.02. The van der Waals surface area contributed by atoms with Crippen LogP contribution in [0.15, 0.2) is 53.5 Å². The Labute approximate surface area is 168 Å². The summed E-state index contributed by atoms with van der Waals surface area (Å²) in [4.78, 5) is 17.1. The number of amides is 1. The first kappa shape index (κ1) is 20.3. The standard InChI is InChI=1S/C20H22N2O4S2/c1-3-22-17-10-9-16(26-2)13-18(17)27-20(22)21-19(23)11-12-28(24,25)14-15-7-5-4-6-8-15/h4-10,13H,3,11-12,14H2,1-2H3. The van der Waals surface area contributed by atoms with E-state index in [-0.39, 0.29) is 17.9 Å². The normalized spacial score (nSPS) is 12.4. The predicted octanol–water partition coefficient (Wildman–Crippen LogP) is 3.16. The zero-order valence-corrected chi connectivity index (χ0v) is 17.4. The summed E-state index contributed by atoms with van der Waals surface area (Å²) in [6, 6.07) is 14.7. The minimum atomic E-state index is -3.37. The number of rotatable bonds is 7. The van der Waals surface area contributed by atoms with Gasteiger partial charge in [0.05, 0.1) is 28.8 Å². The van der Waals surface area contributed by atoms with Crippen LogP contribution in [0.3, 0.4) is 0 Å². The number of hydrogen-bond acceptors (Lipinski definition) is 5. The van der Waals surface area contributed by atoms with Crippen molar-refractivity contribution in [2.75, 3.05) is 12.9 Å². The van der Waals surface area contributed by atoms with Gasteiger partial charge in [-0.15, -0.1) is 0 Å². The maximum Gasteiger partial charge on any atom is 0.249 e. The van der Waals surface area contributed by atoms with E-state index in [2.05, 4.69) is 4.99 Å². The van der Waals surface area contributed by atoms with Gasteiger partial charge in [-0.1, -0.05) is 41.7 Å². The first-order valence-corrected chi connectivity index (χ1v) is 11.5. The molecule has 0 unspecified atom stereocenters. The van der Waals surface area contributed by atoms with Crippen LogP contribution in [0.25, 0.3) is 10.2 Å². The molecule has 1 aromatic heterocycles. The minimum absolute atomic E-state index is 0.0707. The van der Waals surface area contributed by atoms with Crippen LogP contribution in [0.2, 0.25) is 0 Å². The van der Waals surface area contributed by atoms with Gasteiger partial charge < -0.3 is 9.30 Å². The fourth-order valence-electron chi connectivity index (χ4n) is 2.88. The number of carbonyl (C=O) groups excluding carboxylic acids is 1. The number of nitrogens with zero attached hydrogens (tertiary/aromatic N) is 2. The minimum Gasteiger partial charge on any atom is -0.497 e. The van der Waals surface area contributed by atoms with E-state index in [9.17, 15) is 13.2 Å². The van der Waals surface area contributed by atoms with Gasteiger partial charge in [0.15, 0.2) is 14.6 Å². The zero-order chi connectivity index (χ0) is 20.1. The molecule has 0 saturated heterocycles. The van der Waals surface area contributed by atoms with Crippen LogP contribution < -0.4 is 9.54 Å². The summed E-state index contributed by atoms with van der Waals surface area (Å²) in [5, 5.41) is 0. The van der Waals surface area contributed by atoms with Gasteiger partial charge in [0.2, 0.25) is 5.91 Å². The van der Waals surface area contributed by atoms with Gasteiger partial charge >= 0.3 is 0 Å². The summed E-state index contributed by atoms with van der Waals surface area (Å²) in [5.74, 6) is 0.0210. The second-order valence-corrected chi connectivity index (χ2v) is 9.49. The van der Waals surface area contributed by atoms with Crippen LogP contribution in [-0.2, 0) is 26.9 Å². The number of ether oxygens (including phenoxy) is 1. The molecule has 0 N–H and O–H groups in total. The van der Waals surface area contributed by atoms with Crippen molar-refractivity contribution in [2.24, 2.45) is 4.99 Å². The van der Waals surface area contributed by atoms with Gasteiger partial charge in [0, 0.05) is 13.0 Å². The Kier molecular flexibility index (Phi) is 6.31. The number of carbonyl (C=O) groups is 1. The first-order valence-electron chi connectivity index (χ1n) is 8.91. The van der Waals surface area contributed by atoms with Gasteiger partial charge in [-0.2, -0.15) is 4.99 Å². The van der Waals surface area contributed by atoms with Crippen molar-refractivity contribution < 1.29 is 17.9 Å². The number of aryl methyl sites for hydroxylation is 1. The summed E-state index contributed by atoms with van der Waals surface area (Å²) in [5.41, 5.74) is 1.69. The van der Waals surface area contributed by atoms with E-state index in [0.717, 1.165) is 16.0 Å². The third-order valence-electron chi connectivity index (χ3n) is 4.28. The molecule has 8 heteroatoms. The molecule has 0 atom stereocenters.